The molecule has 2 heterocycles. The van der Waals surface area contributed by atoms with E-state index in [4.69, 9.17) is 4.74 Å². The Hall–Kier alpha value is -3.74. The fraction of sp³-hybridized carbons (Fsp3) is 0.280. The number of benzene rings is 2. The second-order valence-electron chi connectivity index (χ2n) is 7.86. The fourth-order valence-corrected chi connectivity index (χ4v) is 3.62. The first kappa shape index (κ1) is 21.5. The van der Waals surface area contributed by atoms with Crippen LogP contribution in [0.2, 0.25) is 0 Å². The number of nitrogens with zero attached hydrogens (tertiary/aromatic N) is 4. The van der Waals surface area contributed by atoms with E-state index in [0.717, 1.165) is 22.4 Å². The van der Waals surface area contributed by atoms with E-state index in [2.05, 4.69) is 40.3 Å². The molecule has 2 aromatic heterocycles. The van der Waals surface area contributed by atoms with Crippen molar-refractivity contribution in [2.45, 2.75) is 33.7 Å². The molecule has 0 aliphatic rings. The van der Waals surface area contributed by atoms with Gasteiger partial charge in [0.25, 0.3) is 5.56 Å². The van der Waals surface area contributed by atoms with E-state index in [1.165, 1.54) is 10.2 Å². The summed E-state index contributed by atoms with van der Waals surface area (Å²) in [6, 6.07) is 15.0. The maximum Gasteiger partial charge on any atom is 0.275 e. The highest BCUT2D eigenvalue weighted by Crippen LogP contribution is 2.21. The van der Waals surface area contributed by atoms with E-state index in [-0.39, 0.29) is 11.6 Å². The highest BCUT2D eigenvalue weighted by molar-refractivity contribution is 5.80. The van der Waals surface area contributed by atoms with Crippen molar-refractivity contribution < 1.29 is 4.74 Å². The van der Waals surface area contributed by atoms with Gasteiger partial charge in [0.15, 0.2) is 0 Å². The first-order valence-electron chi connectivity index (χ1n) is 10.7. The molecule has 7 heteroatoms. The van der Waals surface area contributed by atoms with Crippen LogP contribution in [0.15, 0.2) is 59.5 Å². The average molecular weight is 430 g/mol. The SMILES string of the molecule is Cc1nc(NCCOc2cccc(C)c2C)cc(C(C)n2ncc3ccccc3c2=O)n1. The summed E-state index contributed by atoms with van der Waals surface area (Å²) in [5, 5.41) is 9.13. The van der Waals surface area contributed by atoms with Gasteiger partial charge in [-0.15, -0.1) is 0 Å². The molecule has 7 nitrogen and oxygen atoms in total. The average Bonchev–Trinajstić information content (AvgIpc) is 2.79. The largest absolute Gasteiger partial charge is 0.491 e. The summed E-state index contributed by atoms with van der Waals surface area (Å²) in [5.41, 5.74) is 2.94. The van der Waals surface area contributed by atoms with Crippen LogP contribution in [0.5, 0.6) is 5.75 Å². The van der Waals surface area contributed by atoms with Crippen molar-refractivity contribution in [2.24, 2.45) is 0 Å². The Morgan fingerprint density at radius 3 is 2.72 bits per heavy atom. The number of aryl methyl sites for hydroxylation is 2. The van der Waals surface area contributed by atoms with Gasteiger partial charge in [0.2, 0.25) is 0 Å². The zero-order valence-electron chi connectivity index (χ0n) is 18.8. The summed E-state index contributed by atoms with van der Waals surface area (Å²) in [7, 11) is 0. The van der Waals surface area contributed by atoms with Crippen molar-refractivity contribution in [3.8, 4) is 5.75 Å². The number of fused-ring (bicyclic) bond motifs is 1. The van der Waals surface area contributed by atoms with E-state index in [1.54, 1.807) is 6.20 Å². The van der Waals surface area contributed by atoms with E-state index in [0.29, 0.717) is 30.2 Å². The van der Waals surface area contributed by atoms with Gasteiger partial charge in [-0.25, -0.2) is 14.6 Å². The lowest BCUT2D eigenvalue weighted by atomic mass is 10.1. The van der Waals surface area contributed by atoms with E-state index >= 15 is 0 Å². The molecule has 0 radical (unpaired) electrons. The number of hydrogen-bond acceptors (Lipinski definition) is 6. The summed E-state index contributed by atoms with van der Waals surface area (Å²) in [6.45, 7) is 8.98. The molecular weight excluding hydrogens is 402 g/mol. The zero-order valence-corrected chi connectivity index (χ0v) is 18.8. The van der Waals surface area contributed by atoms with Gasteiger partial charge in [0, 0.05) is 11.5 Å². The first-order valence-corrected chi connectivity index (χ1v) is 10.7. The molecule has 1 unspecified atom stereocenters. The Morgan fingerprint density at radius 2 is 1.88 bits per heavy atom. The number of ether oxygens (including phenoxy) is 1. The molecule has 0 fully saturated rings. The lowest BCUT2D eigenvalue weighted by Crippen LogP contribution is -2.27. The summed E-state index contributed by atoms with van der Waals surface area (Å²) in [5.74, 6) is 2.21. The Bertz CT molecular complexity index is 1320. The third-order valence-electron chi connectivity index (χ3n) is 5.59. The molecule has 0 saturated carbocycles. The molecule has 4 aromatic rings. The van der Waals surface area contributed by atoms with Crippen molar-refractivity contribution in [3.05, 3.63) is 87.7 Å². The third kappa shape index (κ3) is 4.46. The Balaban J connectivity index is 1.48. The molecular formula is C25H27N5O2. The fourth-order valence-electron chi connectivity index (χ4n) is 3.62. The summed E-state index contributed by atoms with van der Waals surface area (Å²) >= 11 is 0. The van der Waals surface area contributed by atoms with Gasteiger partial charge in [0.05, 0.1) is 29.9 Å². The van der Waals surface area contributed by atoms with Crippen molar-refractivity contribution in [1.29, 1.82) is 0 Å². The number of nitrogens with one attached hydrogen (secondary N) is 1. The highest BCUT2D eigenvalue weighted by atomic mass is 16.5. The van der Waals surface area contributed by atoms with Crippen LogP contribution in [-0.2, 0) is 0 Å². The maximum atomic E-state index is 12.9. The van der Waals surface area contributed by atoms with Crippen molar-refractivity contribution in [3.63, 3.8) is 0 Å². The lowest BCUT2D eigenvalue weighted by molar-refractivity contribution is 0.330. The van der Waals surface area contributed by atoms with Gasteiger partial charge in [0.1, 0.15) is 24.0 Å². The Morgan fingerprint density at radius 1 is 1.06 bits per heavy atom. The Kier molecular flexibility index (Phi) is 6.16. The highest BCUT2D eigenvalue weighted by Gasteiger charge is 2.16. The minimum absolute atomic E-state index is 0.136. The molecule has 1 atom stereocenters. The summed E-state index contributed by atoms with van der Waals surface area (Å²) in [6.07, 6.45) is 1.71. The predicted octanol–water partition coefficient (Wildman–Crippen LogP) is 4.21. The minimum atomic E-state index is -0.333. The molecule has 1 N–H and O–H groups in total. The molecule has 2 aromatic carbocycles. The van der Waals surface area contributed by atoms with Crippen LogP contribution in [0.25, 0.3) is 10.8 Å². The molecule has 0 amide bonds. The van der Waals surface area contributed by atoms with Gasteiger partial charge in [-0.3, -0.25) is 4.79 Å². The molecule has 0 saturated heterocycles. The monoisotopic (exact) mass is 429 g/mol. The van der Waals surface area contributed by atoms with E-state index in [9.17, 15) is 4.79 Å². The molecule has 164 valence electrons. The second kappa shape index (κ2) is 9.18. The minimum Gasteiger partial charge on any atom is -0.491 e. The van der Waals surface area contributed by atoms with Crippen LogP contribution in [0.4, 0.5) is 5.82 Å². The zero-order chi connectivity index (χ0) is 22.7. The molecule has 0 spiro atoms. The molecule has 0 aliphatic heterocycles. The number of aromatic nitrogens is 4. The molecule has 0 bridgehead atoms. The summed E-state index contributed by atoms with van der Waals surface area (Å²) < 4.78 is 7.38. The van der Waals surface area contributed by atoms with Crippen LogP contribution in [0, 0.1) is 20.8 Å². The predicted molar refractivity (Wildman–Crippen MR) is 126 cm³/mol. The van der Waals surface area contributed by atoms with Crippen LogP contribution >= 0.6 is 0 Å². The Labute approximate surface area is 187 Å². The number of rotatable bonds is 7. The first-order chi connectivity index (χ1) is 15.4. The van der Waals surface area contributed by atoms with E-state index < -0.39 is 0 Å². The van der Waals surface area contributed by atoms with Gasteiger partial charge in [-0.1, -0.05) is 30.3 Å². The van der Waals surface area contributed by atoms with Gasteiger partial charge >= 0.3 is 0 Å². The van der Waals surface area contributed by atoms with Crippen LogP contribution in [-0.4, -0.2) is 32.9 Å². The summed E-state index contributed by atoms with van der Waals surface area (Å²) in [4.78, 5) is 22.0. The van der Waals surface area contributed by atoms with Crippen LogP contribution < -0.4 is 15.6 Å². The normalized spacial score (nSPS) is 12.0. The van der Waals surface area contributed by atoms with Crippen molar-refractivity contribution in [2.75, 3.05) is 18.5 Å². The number of anilines is 1. The third-order valence-corrected chi connectivity index (χ3v) is 5.59. The van der Waals surface area contributed by atoms with Crippen molar-refractivity contribution in [1.82, 2.24) is 19.7 Å². The molecule has 0 aliphatic carbocycles. The lowest BCUT2D eigenvalue weighted by Gasteiger charge is -2.16. The second-order valence-corrected chi connectivity index (χ2v) is 7.86. The molecule has 32 heavy (non-hydrogen) atoms. The standard InChI is InChI=1S/C25H27N5O2/c1-16-8-7-11-23(17(16)2)32-13-12-26-24-14-22(28-19(4)29-24)18(3)30-25(31)21-10-6-5-9-20(21)15-27-30/h5-11,14-15,18H,12-13H2,1-4H3,(H,26,28,29). The number of hydrogen-bond donors (Lipinski definition) is 1. The van der Waals surface area contributed by atoms with Crippen molar-refractivity contribution >= 4 is 16.6 Å². The topological polar surface area (TPSA) is 81.9 Å². The quantitative estimate of drug-likeness (QED) is 0.443. The van der Waals surface area contributed by atoms with Crippen LogP contribution in [0.3, 0.4) is 0 Å². The van der Waals surface area contributed by atoms with Gasteiger partial charge in [-0.2, -0.15) is 5.10 Å². The van der Waals surface area contributed by atoms with Gasteiger partial charge in [-0.05, 0) is 51.0 Å². The smallest absolute Gasteiger partial charge is 0.275 e. The van der Waals surface area contributed by atoms with E-state index in [1.807, 2.05) is 56.3 Å². The van der Waals surface area contributed by atoms with Crippen LogP contribution in [0.1, 0.15) is 35.6 Å². The van der Waals surface area contributed by atoms with Gasteiger partial charge < -0.3 is 10.1 Å². The maximum absolute atomic E-state index is 12.9. The molecule has 4 rings (SSSR count).